The molecular weight excluding hydrogens is 378 g/mol. The van der Waals surface area contributed by atoms with Gasteiger partial charge in [-0.2, -0.15) is 0 Å². The molecule has 1 aliphatic carbocycles. The average Bonchev–Trinajstić information content (AvgIpc) is 3.33. The Morgan fingerprint density at radius 1 is 1.11 bits per heavy atom. The summed E-state index contributed by atoms with van der Waals surface area (Å²) in [6.07, 6.45) is 2.69. The fraction of sp³-hybridized carbons (Fsp3) is 0.333. The number of nitrogens with one attached hydrogen (secondary N) is 1. The molecule has 2 fully saturated rings. The lowest BCUT2D eigenvalue weighted by atomic mass is 9.95. The fourth-order valence-electron chi connectivity index (χ4n) is 3.69. The van der Waals surface area contributed by atoms with Gasteiger partial charge in [-0.25, -0.2) is 0 Å². The van der Waals surface area contributed by atoms with Gasteiger partial charge >= 0.3 is 0 Å². The van der Waals surface area contributed by atoms with Crippen molar-refractivity contribution in [1.82, 2.24) is 10.0 Å². The zero-order valence-corrected chi connectivity index (χ0v) is 16.8. The number of nitrogens with zero attached hydrogens (tertiary/aromatic N) is 2. The summed E-state index contributed by atoms with van der Waals surface area (Å²) in [6, 6.07) is 15.9. The van der Waals surface area contributed by atoms with E-state index in [1.165, 1.54) is 0 Å². The van der Waals surface area contributed by atoms with Crippen LogP contribution in [0.3, 0.4) is 0 Å². The Labute approximate surface area is 170 Å². The molecule has 1 saturated heterocycles. The number of hydrogen-bond acceptors (Lipinski definition) is 2. The molecule has 0 radical (unpaired) electrons. The summed E-state index contributed by atoms with van der Waals surface area (Å²) >= 11 is 11.9. The first-order valence-corrected chi connectivity index (χ1v) is 10.0. The molecule has 0 unspecified atom stereocenters. The van der Waals surface area contributed by atoms with Crippen molar-refractivity contribution in [3.63, 3.8) is 0 Å². The minimum Gasteiger partial charge on any atom is -0.330 e. The van der Waals surface area contributed by atoms with Crippen molar-refractivity contribution in [2.75, 3.05) is 18.4 Å². The van der Waals surface area contributed by atoms with Crippen molar-refractivity contribution >= 4 is 40.5 Å². The number of hydrazine groups is 1. The molecule has 1 aliphatic heterocycles. The Hall–Kier alpha value is -2.11. The molecule has 0 bridgehead atoms. The summed E-state index contributed by atoms with van der Waals surface area (Å²) in [5.74, 6) is 0.144. The van der Waals surface area contributed by atoms with E-state index in [1.54, 1.807) is 0 Å². The van der Waals surface area contributed by atoms with Gasteiger partial charge in [0, 0.05) is 13.1 Å². The monoisotopic (exact) mass is 399 g/mol. The molecule has 1 heterocycles. The topological polar surface area (TPSA) is 35.6 Å². The van der Waals surface area contributed by atoms with E-state index >= 15 is 0 Å². The normalized spacial score (nSPS) is 17.7. The van der Waals surface area contributed by atoms with Crippen LogP contribution in [0.25, 0.3) is 0 Å². The largest absolute Gasteiger partial charge is 0.330 e. The molecule has 1 amide bonds. The van der Waals surface area contributed by atoms with Gasteiger partial charge in [0.25, 0.3) is 5.91 Å². The smallest absolute Gasteiger partial charge is 0.251 e. The molecule has 4 nitrogen and oxygen atoms in total. The van der Waals surface area contributed by atoms with Crippen LogP contribution in [-0.4, -0.2) is 34.1 Å². The lowest BCUT2D eigenvalue weighted by Crippen LogP contribution is -2.50. The number of hydrogen-bond donors (Lipinski definition) is 1. The van der Waals surface area contributed by atoms with Crippen LogP contribution < -0.4 is 5.32 Å². The summed E-state index contributed by atoms with van der Waals surface area (Å²) in [7, 11) is 0. The molecule has 2 aromatic rings. The average molecular weight is 400 g/mol. The van der Waals surface area contributed by atoms with E-state index in [9.17, 15) is 4.79 Å². The molecule has 0 atom stereocenters. The second-order valence-corrected chi connectivity index (χ2v) is 8.06. The highest BCUT2D eigenvalue weighted by atomic mass is 35.5. The zero-order valence-electron chi connectivity index (χ0n) is 15.2. The summed E-state index contributed by atoms with van der Waals surface area (Å²) < 4.78 is 0. The van der Waals surface area contributed by atoms with E-state index in [0.717, 1.165) is 42.6 Å². The number of halogens is 1. The van der Waals surface area contributed by atoms with Crippen LogP contribution >= 0.6 is 23.8 Å². The van der Waals surface area contributed by atoms with Crippen LogP contribution in [0.5, 0.6) is 0 Å². The fourth-order valence-corrected chi connectivity index (χ4v) is 4.27. The van der Waals surface area contributed by atoms with Crippen LogP contribution in [0, 0.1) is 6.92 Å². The minimum absolute atomic E-state index is 0.144. The summed E-state index contributed by atoms with van der Waals surface area (Å²) in [6.45, 7) is 3.41. The van der Waals surface area contributed by atoms with Gasteiger partial charge in [-0.05, 0) is 61.7 Å². The second kappa shape index (κ2) is 7.13. The predicted molar refractivity (Wildman–Crippen MR) is 113 cm³/mol. The Kier molecular flexibility index (Phi) is 4.82. The predicted octanol–water partition coefficient (Wildman–Crippen LogP) is 4.53. The van der Waals surface area contributed by atoms with E-state index in [4.69, 9.17) is 23.8 Å². The van der Waals surface area contributed by atoms with E-state index in [1.807, 2.05) is 65.5 Å². The highest BCUT2D eigenvalue weighted by Gasteiger charge is 2.54. The third-order valence-electron chi connectivity index (χ3n) is 5.35. The first-order chi connectivity index (χ1) is 13.0. The maximum Gasteiger partial charge on any atom is 0.251 e. The third-order valence-corrected chi connectivity index (χ3v) is 5.98. The lowest BCUT2D eigenvalue weighted by Gasteiger charge is -2.33. The summed E-state index contributed by atoms with van der Waals surface area (Å²) in [5, 5.41) is 8.04. The Balaban J connectivity index is 1.52. The van der Waals surface area contributed by atoms with Gasteiger partial charge in [0.15, 0.2) is 5.11 Å². The highest BCUT2D eigenvalue weighted by molar-refractivity contribution is 7.80. The van der Waals surface area contributed by atoms with Gasteiger partial charge in [0.05, 0.1) is 16.1 Å². The zero-order chi connectivity index (χ0) is 19.0. The van der Waals surface area contributed by atoms with Crippen molar-refractivity contribution in [1.29, 1.82) is 0 Å². The van der Waals surface area contributed by atoms with Crippen molar-refractivity contribution < 1.29 is 4.79 Å². The first kappa shape index (κ1) is 18.3. The van der Waals surface area contributed by atoms with E-state index in [0.29, 0.717) is 16.7 Å². The second-order valence-electron chi connectivity index (χ2n) is 7.27. The molecule has 0 aromatic heterocycles. The Morgan fingerprint density at radius 3 is 2.48 bits per heavy atom. The van der Waals surface area contributed by atoms with Crippen molar-refractivity contribution in [2.24, 2.45) is 0 Å². The molecule has 27 heavy (non-hydrogen) atoms. The summed E-state index contributed by atoms with van der Waals surface area (Å²) in [5.41, 5.74) is 2.56. The van der Waals surface area contributed by atoms with Crippen LogP contribution in [0.1, 0.15) is 30.4 Å². The highest BCUT2D eigenvalue weighted by Crippen LogP contribution is 2.50. The number of rotatable bonds is 3. The first-order valence-electron chi connectivity index (χ1n) is 9.23. The van der Waals surface area contributed by atoms with E-state index in [2.05, 4.69) is 5.32 Å². The Morgan fingerprint density at radius 2 is 1.81 bits per heavy atom. The number of benzene rings is 2. The van der Waals surface area contributed by atoms with Crippen molar-refractivity contribution in [3.05, 3.63) is 64.7 Å². The van der Waals surface area contributed by atoms with Gasteiger partial charge < -0.3 is 5.32 Å². The molecule has 1 N–H and O–H groups in total. The molecule has 0 spiro atoms. The molecule has 1 saturated carbocycles. The SMILES string of the molecule is Cc1ccc(NC(=S)N2CCCN2C(=O)C2(c3ccccc3)CC2)c(Cl)c1. The van der Waals surface area contributed by atoms with E-state index in [-0.39, 0.29) is 11.3 Å². The molecular formula is C21H22ClN3OS. The molecule has 6 heteroatoms. The van der Waals surface area contributed by atoms with Crippen molar-refractivity contribution in [3.8, 4) is 0 Å². The standard InChI is InChI=1S/C21H22ClN3OS/c1-15-8-9-18(17(22)14-15)23-20(27)25-13-5-12-24(25)19(26)21(10-11-21)16-6-3-2-4-7-16/h2-4,6-9,14H,5,10-13H2,1H3,(H,23,27). The number of thiocarbonyl (C=S) groups is 1. The quantitative estimate of drug-likeness (QED) is 0.769. The van der Waals surface area contributed by atoms with Crippen LogP contribution in [0.4, 0.5) is 5.69 Å². The van der Waals surface area contributed by atoms with Gasteiger partial charge in [-0.3, -0.25) is 14.8 Å². The maximum absolute atomic E-state index is 13.4. The molecule has 4 rings (SSSR count). The Bertz CT molecular complexity index is 882. The van der Waals surface area contributed by atoms with Gasteiger partial charge in [-0.15, -0.1) is 0 Å². The molecule has 2 aromatic carbocycles. The van der Waals surface area contributed by atoms with Crippen molar-refractivity contribution in [2.45, 2.75) is 31.6 Å². The molecule has 140 valence electrons. The number of anilines is 1. The van der Waals surface area contributed by atoms with Gasteiger partial charge in [0.2, 0.25) is 0 Å². The van der Waals surface area contributed by atoms with Crippen LogP contribution in [0.2, 0.25) is 5.02 Å². The molecule has 2 aliphatic rings. The van der Waals surface area contributed by atoms with Crippen LogP contribution in [-0.2, 0) is 10.2 Å². The van der Waals surface area contributed by atoms with Gasteiger partial charge in [-0.1, -0.05) is 48.0 Å². The lowest BCUT2D eigenvalue weighted by molar-refractivity contribution is -0.141. The van der Waals surface area contributed by atoms with E-state index < -0.39 is 0 Å². The minimum atomic E-state index is -0.388. The number of amides is 1. The maximum atomic E-state index is 13.4. The summed E-state index contributed by atoms with van der Waals surface area (Å²) in [4.78, 5) is 13.4. The third kappa shape index (κ3) is 3.42. The number of carbonyl (C=O) groups excluding carboxylic acids is 1. The number of aryl methyl sites for hydroxylation is 1. The van der Waals surface area contributed by atoms with Gasteiger partial charge in [0.1, 0.15) is 0 Å². The number of carbonyl (C=O) groups is 1. The van der Waals surface area contributed by atoms with Crippen LogP contribution in [0.15, 0.2) is 48.5 Å².